The molecule has 0 aliphatic heterocycles. The number of carbonyl (C=O) groups excluding carboxylic acids is 2. The second kappa shape index (κ2) is 9.11. The lowest BCUT2D eigenvalue weighted by atomic mass is 10.2. The van der Waals surface area contributed by atoms with Crippen LogP contribution in [0.25, 0.3) is 6.08 Å². The molecule has 0 saturated heterocycles. The number of rotatable bonds is 5. The van der Waals surface area contributed by atoms with Crippen LogP contribution in [0.2, 0.25) is 5.02 Å². The van der Waals surface area contributed by atoms with E-state index in [0.717, 1.165) is 5.56 Å². The van der Waals surface area contributed by atoms with Crippen LogP contribution in [0.1, 0.15) is 11.1 Å². The summed E-state index contributed by atoms with van der Waals surface area (Å²) in [4.78, 5) is 23.3. The fourth-order valence-corrected chi connectivity index (χ4v) is 2.02. The highest BCUT2D eigenvalue weighted by atomic mass is 35.5. The van der Waals surface area contributed by atoms with Crippen molar-refractivity contribution in [2.75, 3.05) is 6.61 Å². The van der Waals surface area contributed by atoms with Gasteiger partial charge in [0.15, 0.2) is 6.61 Å². The third-order valence-electron chi connectivity index (χ3n) is 2.97. The minimum Gasteiger partial charge on any atom is -0.482 e. The Morgan fingerprint density at radius 2 is 1.96 bits per heavy atom. The summed E-state index contributed by atoms with van der Waals surface area (Å²) in [5.41, 5.74) is 5.52. The number of nitrogens with one attached hydrogen (secondary N) is 2. The summed E-state index contributed by atoms with van der Waals surface area (Å²) in [6.07, 6.45) is 2.82. The zero-order chi connectivity index (χ0) is 18.1. The number of hydrogen-bond donors (Lipinski definition) is 2. The number of para-hydroxylation sites is 1. The third-order valence-corrected chi connectivity index (χ3v) is 3.20. The van der Waals surface area contributed by atoms with Gasteiger partial charge in [-0.05, 0) is 35.9 Å². The molecule has 2 amide bonds. The van der Waals surface area contributed by atoms with Crippen LogP contribution in [0, 0.1) is 11.3 Å². The molecule has 0 atom stereocenters. The van der Waals surface area contributed by atoms with E-state index in [2.05, 4.69) is 10.9 Å². The topological polar surface area (TPSA) is 91.2 Å². The molecule has 0 bridgehead atoms. The number of nitrogens with zero attached hydrogens (tertiary/aromatic N) is 1. The molecule has 0 saturated carbocycles. The summed E-state index contributed by atoms with van der Waals surface area (Å²) in [5, 5.41) is 9.49. The number of carbonyl (C=O) groups is 2. The van der Waals surface area contributed by atoms with E-state index in [0.29, 0.717) is 16.3 Å². The second-order valence-corrected chi connectivity index (χ2v) is 5.26. The molecule has 2 rings (SSSR count). The van der Waals surface area contributed by atoms with Crippen molar-refractivity contribution in [3.05, 3.63) is 70.8 Å². The Bertz CT molecular complexity index is 843. The Labute approximate surface area is 149 Å². The van der Waals surface area contributed by atoms with E-state index in [1.165, 1.54) is 6.08 Å². The number of halogens is 1. The number of ether oxygens (including phenoxy) is 1. The van der Waals surface area contributed by atoms with E-state index >= 15 is 0 Å². The summed E-state index contributed by atoms with van der Waals surface area (Å²) in [7, 11) is 0. The van der Waals surface area contributed by atoms with Gasteiger partial charge < -0.3 is 4.74 Å². The van der Waals surface area contributed by atoms with E-state index in [1.54, 1.807) is 54.6 Å². The minimum atomic E-state index is -0.558. The first kappa shape index (κ1) is 18.0. The van der Waals surface area contributed by atoms with Crippen LogP contribution in [0.4, 0.5) is 0 Å². The molecule has 7 heteroatoms. The fourth-order valence-electron chi connectivity index (χ4n) is 1.82. The van der Waals surface area contributed by atoms with Gasteiger partial charge in [0.05, 0.1) is 5.56 Å². The van der Waals surface area contributed by atoms with Crippen molar-refractivity contribution in [1.29, 1.82) is 5.26 Å². The zero-order valence-electron chi connectivity index (χ0n) is 13.0. The van der Waals surface area contributed by atoms with E-state index in [4.69, 9.17) is 21.6 Å². The molecular weight excluding hydrogens is 342 g/mol. The molecule has 0 spiro atoms. The van der Waals surface area contributed by atoms with Gasteiger partial charge in [-0.3, -0.25) is 20.4 Å². The van der Waals surface area contributed by atoms with Gasteiger partial charge in [-0.2, -0.15) is 5.26 Å². The number of amides is 2. The van der Waals surface area contributed by atoms with Crippen LogP contribution in [0.5, 0.6) is 5.75 Å². The first-order valence-corrected chi connectivity index (χ1v) is 7.60. The molecule has 0 radical (unpaired) electrons. The van der Waals surface area contributed by atoms with Gasteiger partial charge >= 0.3 is 0 Å². The average Bonchev–Trinajstić information content (AvgIpc) is 2.63. The van der Waals surface area contributed by atoms with Gasteiger partial charge in [-0.25, -0.2) is 0 Å². The van der Waals surface area contributed by atoms with E-state index in [1.807, 2.05) is 6.07 Å². The maximum atomic E-state index is 11.7. The normalized spacial score (nSPS) is 10.1. The maximum absolute atomic E-state index is 11.7. The van der Waals surface area contributed by atoms with Gasteiger partial charge in [-0.15, -0.1) is 0 Å². The lowest BCUT2D eigenvalue weighted by Gasteiger charge is -2.08. The molecule has 0 aliphatic rings. The van der Waals surface area contributed by atoms with Crippen LogP contribution in [-0.4, -0.2) is 18.4 Å². The maximum Gasteiger partial charge on any atom is 0.276 e. The summed E-state index contributed by atoms with van der Waals surface area (Å²) in [6.45, 7) is -0.336. The molecule has 0 aliphatic carbocycles. The lowest BCUT2D eigenvalue weighted by Crippen LogP contribution is -2.43. The minimum absolute atomic E-state index is 0.298. The van der Waals surface area contributed by atoms with Gasteiger partial charge in [-0.1, -0.05) is 35.9 Å². The molecule has 2 aromatic carbocycles. The summed E-state index contributed by atoms with van der Waals surface area (Å²) >= 11 is 5.84. The molecule has 25 heavy (non-hydrogen) atoms. The van der Waals surface area contributed by atoms with Crippen molar-refractivity contribution in [1.82, 2.24) is 10.9 Å². The van der Waals surface area contributed by atoms with Crippen LogP contribution < -0.4 is 15.6 Å². The highest BCUT2D eigenvalue weighted by Gasteiger charge is 2.06. The SMILES string of the molecule is N#Cc1ccccc1OCC(=O)NNC(=O)/C=C/c1cccc(Cl)c1. The van der Waals surface area contributed by atoms with Crippen LogP contribution in [0.15, 0.2) is 54.6 Å². The van der Waals surface area contributed by atoms with E-state index in [9.17, 15) is 9.59 Å². The fraction of sp³-hybridized carbons (Fsp3) is 0.0556. The van der Waals surface area contributed by atoms with Crippen molar-refractivity contribution in [2.45, 2.75) is 0 Å². The van der Waals surface area contributed by atoms with Gasteiger partial charge in [0, 0.05) is 11.1 Å². The zero-order valence-corrected chi connectivity index (χ0v) is 13.8. The summed E-state index contributed by atoms with van der Waals surface area (Å²) in [6, 6.07) is 15.5. The highest BCUT2D eigenvalue weighted by molar-refractivity contribution is 6.30. The third kappa shape index (κ3) is 6.01. The standard InChI is InChI=1S/C18H14ClN3O3/c19-15-6-3-4-13(10-15)8-9-17(23)21-22-18(24)12-25-16-7-2-1-5-14(16)11-20/h1-10H,12H2,(H,21,23)(H,22,24)/b9-8+. The van der Waals surface area contributed by atoms with Crippen LogP contribution >= 0.6 is 11.6 Å². The first-order chi connectivity index (χ1) is 12.1. The monoisotopic (exact) mass is 355 g/mol. The molecule has 2 aromatic rings. The number of hydrazine groups is 1. The van der Waals surface area contributed by atoms with Crippen molar-refractivity contribution >= 4 is 29.5 Å². The van der Waals surface area contributed by atoms with E-state index < -0.39 is 11.8 Å². The number of nitriles is 1. The molecule has 0 fully saturated rings. The first-order valence-electron chi connectivity index (χ1n) is 7.23. The van der Waals surface area contributed by atoms with Crippen LogP contribution in [-0.2, 0) is 9.59 Å². The predicted molar refractivity (Wildman–Crippen MR) is 93.4 cm³/mol. The smallest absolute Gasteiger partial charge is 0.276 e. The van der Waals surface area contributed by atoms with Crippen molar-refractivity contribution in [3.63, 3.8) is 0 Å². The quantitative estimate of drug-likeness (QED) is 0.636. The van der Waals surface area contributed by atoms with Gasteiger partial charge in [0.2, 0.25) is 0 Å². The Kier molecular flexibility index (Phi) is 6.57. The Morgan fingerprint density at radius 1 is 1.16 bits per heavy atom. The number of hydrogen-bond acceptors (Lipinski definition) is 4. The highest BCUT2D eigenvalue weighted by Crippen LogP contribution is 2.16. The predicted octanol–water partition coefficient (Wildman–Crippen LogP) is 2.45. The molecule has 0 unspecified atom stereocenters. The van der Waals surface area contributed by atoms with E-state index in [-0.39, 0.29) is 6.61 Å². The van der Waals surface area contributed by atoms with Crippen molar-refractivity contribution in [2.24, 2.45) is 0 Å². The molecule has 2 N–H and O–H groups in total. The second-order valence-electron chi connectivity index (χ2n) is 4.82. The van der Waals surface area contributed by atoms with Crippen LogP contribution in [0.3, 0.4) is 0 Å². The Balaban J connectivity index is 1.78. The van der Waals surface area contributed by atoms with Crippen molar-refractivity contribution < 1.29 is 14.3 Å². The largest absolute Gasteiger partial charge is 0.482 e. The Morgan fingerprint density at radius 3 is 2.72 bits per heavy atom. The molecule has 0 heterocycles. The lowest BCUT2D eigenvalue weighted by molar-refractivity contribution is -0.128. The van der Waals surface area contributed by atoms with Crippen molar-refractivity contribution in [3.8, 4) is 11.8 Å². The van der Waals surface area contributed by atoms with Gasteiger partial charge in [0.1, 0.15) is 11.8 Å². The summed E-state index contributed by atoms with van der Waals surface area (Å²) in [5.74, 6) is -0.768. The number of benzene rings is 2. The van der Waals surface area contributed by atoms with Gasteiger partial charge in [0.25, 0.3) is 11.8 Å². The average molecular weight is 356 g/mol. The molecule has 126 valence electrons. The Hall–Kier alpha value is -3.30. The molecular formula is C18H14ClN3O3. The summed E-state index contributed by atoms with van der Waals surface area (Å²) < 4.78 is 5.25. The molecule has 6 nitrogen and oxygen atoms in total. The molecule has 0 aromatic heterocycles.